The predicted octanol–water partition coefficient (Wildman–Crippen LogP) is 3.19. The standard InChI is InChI=1S/C11H13NOS/c1-3-13-10-4-8-7(2)6-14-11(8)5-9(10)12/h4-6H,3,12H2,1-2H3. The van der Waals surface area contributed by atoms with E-state index in [-0.39, 0.29) is 0 Å². The van der Waals surface area contributed by atoms with E-state index < -0.39 is 0 Å². The summed E-state index contributed by atoms with van der Waals surface area (Å²) in [7, 11) is 0. The molecule has 0 fully saturated rings. The molecule has 0 atom stereocenters. The molecule has 0 radical (unpaired) electrons. The Morgan fingerprint density at radius 2 is 2.21 bits per heavy atom. The highest BCUT2D eigenvalue weighted by molar-refractivity contribution is 7.17. The fourth-order valence-corrected chi connectivity index (χ4v) is 2.45. The van der Waals surface area contributed by atoms with Gasteiger partial charge < -0.3 is 10.5 Å². The molecule has 0 saturated carbocycles. The molecule has 0 aliphatic carbocycles. The summed E-state index contributed by atoms with van der Waals surface area (Å²) in [5.74, 6) is 0.793. The van der Waals surface area contributed by atoms with Gasteiger partial charge >= 0.3 is 0 Å². The molecule has 14 heavy (non-hydrogen) atoms. The van der Waals surface area contributed by atoms with E-state index in [1.54, 1.807) is 11.3 Å². The van der Waals surface area contributed by atoms with E-state index in [1.165, 1.54) is 15.6 Å². The van der Waals surface area contributed by atoms with Crippen molar-refractivity contribution in [2.75, 3.05) is 12.3 Å². The molecule has 0 saturated heterocycles. The number of ether oxygens (including phenoxy) is 1. The Morgan fingerprint density at radius 1 is 1.43 bits per heavy atom. The lowest BCUT2D eigenvalue weighted by Gasteiger charge is -2.06. The van der Waals surface area contributed by atoms with Gasteiger partial charge in [0, 0.05) is 4.70 Å². The molecule has 0 spiro atoms. The van der Waals surface area contributed by atoms with Crippen molar-refractivity contribution in [3.63, 3.8) is 0 Å². The van der Waals surface area contributed by atoms with Crippen LogP contribution in [0.3, 0.4) is 0 Å². The number of nitrogens with two attached hydrogens (primary N) is 1. The molecule has 74 valence electrons. The van der Waals surface area contributed by atoms with Crippen LogP contribution in [0, 0.1) is 6.92 Å². The molecule has 1 heterocycles. The van der Waals surface area contributed by atoms with Crippen LogP contribution < -0.4 is 10.5 Å². The second kappa shape index (κ2) is 3.50. The molecule has 0 aliphatic heterocycles. The molecule has 2 N–H and O–H groups in total. The van der Waals surface area contributed by atoms with Crippen molar-refractivity contribution in [1.29, 1.82) is 0 Å². The molecular formula is C11H13NOS. The van der Waals surface area contributed by atoms with Crippen molar-refractivity contribution in [3.8, 4) is 5.75 Å². The monoisotopic (exact) mass is 207 g/mol. The zero-order valence-corrected chi connectivity index (χ0v) is 9.15. The molecule has 1 aromatic carbocycles. The first-order valence-electron chi connectivity index (χ1n) is 4.62. The zero-order chi connectivity index (χ0) is 10.1. The van der Waals surface area contributed by atoms with E-state index in [9.17, 15) is 0 Å². The summed E-state index contributed by atoms with van der Waals surface area (Å²) < 4.78 is 6.67. The van der Waals surface area contributed by atoms with Crippen molar-refractivity contribution in [3.05, 3.63) is 23.1 Å². The third kappa shape index (κ3) is 1.44. The Hall–Kier alpha value is -1.22. The first-order valence-corrected chi connectivity index (χ1v) is 5.50. The molecule has 0 amide bonds. The second-order valence-electron chi connectivity index (χ2n) is 3.24. The van der Waals surface area contributed by atoms with Gasteiger partial charge in [0.05, 0.1) is 12.3 Å². The van der Waals surface area contributed by atoms with Crippen molar-refractivity contribution in [2.45, 2.75) is 13.8 Å². The summed E-state index contributed by atoms with van der Waals surface area (Å²) in [6.45, 7) is 4.72. The van der Waals surface area contributed by atoms with Crippen LogP contribution in [-0.4, -0.2) is 6.61 Å². The van der Waals surface area contributed by atoms with E-state index >= 15 is 0 Å². The van der Waals surface area contributed by atoms with Crippen LogP contribution in [0.15, 0.2) is 17.5 Å². The maximum absolute atomic E-state index is 5.86. The fourth-order valence-electron chi connectivity index (χ4n) is 1.48. The Balaban J connectivity index is 2.61. The quantitative estimate of drug-likeness (QED) is 0.767. The first-order chi connectivity index (χ1) is 6.72. The van der Waals surface area contributed by atoms with Crippen LogP contribution in [0.5, 0.6) is 5.75 Å². The van der Waals surface area contributed by atoms with Crippen LogP contribution in [0.25, 0.3) is 10.1 Å². The number of aryl methyl sites for hydroxylation is 1. The number of anilines is 1. The third-order valence-corrected chi connectivity index (χ3v) is 3.26. The normalized spacial score (nSPS) is 10.7. The van der Waals surface area contributed by atoms with Crippen molar-refractivity contribution in [1.82, 2.24) is 0 Å². The predicted molar refractivity (Wildman–Crippen MR) is 62.1 cm³/mol. The zero-order valence-electron chi connectivity index (χ0n) is 8.33. The number of rotatable bonds is 2. The molecule has 0 aliphatic rings. The summed E-state index contributed by atoms with van der Waals surface area (Å²) in [4.78, 5) is 0. The number of fused-ring (bicyclic) bond motifs is 1. The highest BCUT2D eigenvalue weighted by Gasteiger charge is 2.06. The van der Waals surface area contributed by atoms with E-state index in [4.69, 9.17) is 10.5 Å². The maximum atomic E-state index is 5.86. The lowest BCUT2D eigenvalue weighted by Crippen LogP contribution is -1.96. The molecule has 2 aromatic rings. The average molecular weight is 207 g/mol. The van der Waals surface area contributed by atoms with Crippen LogP contribution >= 0.6 is 11.3 Å². The van der Waals surface area contributed by atoms with Crippen LogP contribution in [0.2, 0.25) is 0 Å². The second-order valence-corrected chi connectivity index (χ2v) is 4.15. The van der Waals surface area contributed by atoms with Gasteiger partial charge in [0.25, 0.3) is 0 Å². The number of hydrogen-bond donors (Lipinski definition) is 1. The number of hydrogen-bond acceptors (Lipinski definition) is 3. The minimum absolute atomic E-state index is 0.652. The Bertz CT molecular complexity index is 462. The van der Waals surface area contributed by atoms with E-state index in [1.807, 2.05) is 19.1 Å². The van der Waals surface area contributed by atoms with Gasteiger partial charge in [-0.25, -0.2) is 0 Å². The van der Waals surface area contributed by atoms with E-state index in [0.29, 0.717) is 6.61 Å². The fraction of sp³-hybridized carbons (Fsp3) is 0.273. The van der Waals surface area contributed by atoms with Crippen LogP contribution in [0.4, 0.5) is 5.69 Å². The topological polar surface area (TPSA) is 35.2 Å². The molecule has 2 nitrogen and oxygen atoms in total. The van der Waals surface area contributed by atoms with Crippen LogP contribution in [-0.2, 0) is 0 Å². The van der Waals surface area contributed by atoms with E-state index in [2.05, 4.69) is 12.3 Å². The Kier molecular flexibility index (Phi) is 2.33. The Morgan fingerprint density at radius 3 is 2.93 bits per heavy atom. The molecule has 0 bridgehead atoms. The Labute approximate surface area is 87.3 Å². The smallest absolute Gasteiger partial charge is 0.142 e. The molecule has 1 aromatic heterocycles. The average Bonchev–Trinajstić information content (AvgIpc) is 2.49. The van der Waals surface area contributed by atoms with Gasteiger partial charge in [0.2, 0.25) is 0 Å². The third-order valence-electron chi connectivity index (χ3n) is 2.20. The minimum atomic E-state index is 0.652. The molecular weight excluding hydrogens is 194 g/mol. The number of nitrogen functional groups attached to an aromatic ring is 1. The summed E-state index contributed by atoms with van der Waals surface area (Å²) in [6, 6.07) is 4.01. The van der Waals surface area contributed by atoms with Gasteiger partial charge in [-0.15, -0.1) is 11.3 Å². The lowest BCUT2D eigenvalue weighted by atomic mass is 10.2. The van der Waals surface area contributed by atoms with Gasteiger partial charge in [-0.2, -0.15) is 0 Å². The van der Waals surface area contributed by atoms with Crippen LogP contribution in [0.1, 0.15) is 12.5 Å². The maximum Gasteiger partial charge on any atom is 0.142 e. The van der Waals surface area contributed by atoms with Gasteiger partial charge in [-0.3, -0.25) is 0 Å². The summed E-state index contributed by atoms with van der Waals surface area (Å²) >= 11 is 1.72. The molecule has 3 heteroatoms. The lowest BCUT2D eigenvalue weighted by molar-refractivity contribution is 0.342. The first kappa shape index (κ1) is 9.34. The van der Waals surface area contributed by atoms with Crippen molar-refractivity contribution in [2.24, 2.45) is 0 Å². The minimum Gasteiger partial charge on any atom is -0.492 e. The summed E-state index contributed by atoms with van der Waals surface area (Å²) in [5, 5.41) is 3.38. The largest absolute Gasteiger partial charge is 0.492 e. The van der Waals surface area contributed by atoms with Crippen molar-refractivity contribution < 1.29 is 4.74 Å². The highest BCUT2D eigenvalue weighted by Crippen LogP contribution is 2.33. The summed E-state index contributed by atoms with van der Waals surface area (Å²) in [6.07, 6.45) is 0. The number of benzene rings is 1. The van der Waals surface area contributed by atoms with Gasteiger partial charge in [-0.1, -0.05) is 0 Å². The SMILES string of the molecule is CCOc1cc2c(C)csc2cc1N. The van der Waals surface area contributed by atoms with Gasteiger partial charge in [0.1, 0.15) is 5.75 Å². The number of thiophene rings is 1. The van der Waals surface area contributed by atoms with Gasteiger partial charge in [0.15, 0.2) is 0 Å². The van der Waals surface area contributed by atoms with Crippen molar-refractivity contribution >= 4 is 27.1 Å². The van der Waals surface area contributed by atoms with Gasteiger partial charge in [-0.05, 0) is 42.3 Å². The molecule has 2 rings (SSSR count). The summed E-state index contributed by atoms with van der Waals surface area (Å²) in [5.41, 5.74) is 7.87. The molecule has 0 unspecified atom stereocenters. The highest BCUT2D eigenvalue weighted by atomic mass is 32.1. The van der Waals surface area contributed by atoms with E-state index in [0.717, 1.165) is 11.4 Å².